The van der Waals surface area contributed by atoms with Crippen molar-refractivity contribution in [2.45, 2.75) is 88.9 Å². The summed E-state index contributed by atoms with van der Waals surface area (Å²) in [6.07, 6.45) is 12.6. The summed E-state index contributed by atoms with van der Waals surface area (Å²) in [5.41, 5.74) is 2.65. The number of aliphatic hydroxyl groups is 1. The van der Waals surface area contributed by atoms with Crippen molar-refractivity contribution in [2.75, 3.05) is 13.1 Å². The molecule has 1 unspecified atom stereocenters. The first-order valence-corrected chi connectivity index (χ1v) is 11.0. The lowest BCUT2D eigenvalue weighted by Crippen LogP contribution is -2.46. The molecule has 144 valence electrons. The highest BCUT2D eigenvalue weighted by molar-refractivity contribution is 5.23. The standard InChI is InChI=1S/C23H36N2O/c26-23(20-12-14-25(15-13-20)22-6-3-7-22)16-18-8-10-19(11-9-18)17-24-21-4-1-2-5-21/h8-11,20-24,26H,1-7,12-17H2. The Hall–Kier alpha value is -0.900. The molecule has 0 spiro atoms. The molecule has 0 bridgehead atoms. The van der Waals surface area contributed by atoms with Gasteiger partial charge < -0.3 is 15.3 Å². The number of benzene rings is 1. The molecule has 1 aliphatic heterocycles. The number of hydrogen-bond acceptors (Lipinski definition) is 3. The van der Waals surface area contributed by atoms with E-state index >= 15 is 0 Å². The molecule has 26 heavy (non-hydrogen) atoms. The molecule has 2 saturated carbocycles. The molecule has 0 aromatic heterocycles. The highest BCUT2D eigenvalue weighted by Gasteiger charge is 2.31. The quantitative estimate of drug-likeness (QED) is 0.778. The van der Waals surface area contributed by atoms with Crippen LogP contribution in [0.5, 0.6) is 0 Å². The minimum atomic E-state index is -0.180. The Balaban J connectivity index is 1.20. The minimum Gasteiger partial charge on any atom is -0.392 e. The zero-order valence-corrected chi connectivity index (χ0v) is 16.2. The summed E-state index contributed by atoms with van der Waals surface area (Å²) < 4.78 is 0. The van der Waals surface area contributed by atoms with E-state index in [1.165, 1.54) is 82.0 Å². The van der Waals surface area contributed by atoms with Crippen LogP contribution in [0.2, 0.25) is 0 Å². The Bertz CT molecular complexity index is 540. The van der Waals surface area contributed by atoms with Gasteiger partial charge in [-0.05, 0) is 75.1 Å². The summed E-state index contributed by atoms with van der Waals surface area (Å²) in [4.78, 5) is 2.67. The van der Waals surface area contributed by atoms with Gasteiger partial charge >= 0.3 is 0 Å². The fraction of sp³-hybridized carbons (Fsp3) is 0.739. The predicted molar refractivity (Wildman–Crippen MR) is 107 cm³/mol. The molecule has 1 atom stereocenters. The molecular formula is C23H36N2O. The van der Waals surface area contributed by atoms with Gasteiger partial charge in [0.1, 0.15) is 0 Å². The van der Waals surface area contributed by atoms with Crippen LogP contribution >= 0.6 is 0 Å². The van der Waals surface area contributed by atoms with Gasteiger partial charge in [-0.3, -0.25) is 0 Å². The van der Waals surface area contributed by atoms with E-state index in [2.05, 4.69) is 34.5 Å². The van der Waals surface area contributed by atoms with Gasteiger partial charge in [0.05, 0.1) is 6.10 Å². The van der Waals surface area contributed by atoms with Gasteiger partial charge in [-0.15, -0.1) is 0 Å². The normalized spacial score (nSPS) is 24.7. The lowest BCUT2D eigenvalue weighted by atomic mass is 9.84. The second kappa shape index (κ2) is 8.86. The van der Waals surface area contributed by atoms with Crippen LogP contribution in [0.4, 0.5) is 0 Å². The van der Waals surface area contributed by atoms with Gasteiger partial charge in [0.15, 0.2) is 0 Å². The lowest BCUT2D eigenvalue weighted by molar-refractivity contribution is 0.0299. The first kappa shape index (κ1) is 18.5. The van der Waals surface area contributed by atoms with Crippen molar-refractivity contribution in [2.24, 2.45) is 5.92 Å². The molecule has 2 N–H and O–H groups in total. The Morgan fingerprint density at radius 3 is 2.15 bits per heavy atom. The maximum atomic E-state index is 10.7. The largest absolute Gasteiger partial charge is 0.392 e. The summed E-state index contributed by atoms with van der Waals surface area (Å²) in [6, 6.07) is 10.5. The minimum absolute atomic E-state index is 0.180. The fourth-order valence-electron chi connectivity index (χ4n) is 5.01. The fourth-order valence-corrected chi connectivity index (χ4v) is 5.01. The number of aliphatic hydroxyl groups excluding tert-OH is 1. The van der Waals surface area contributed by atoms with E-state index in [1.807, 2.05) is 0 Å². The summed E-state index contributed by atoms with van der Waals surface area (Å²) in [7, 11) is 0. The van der Waals surface area contributed by atoms with Crippen molar-refractivity contribution in [3.05, 3.63) is 35.4 Å². The van der Waals surface area contributed by atoms with E-state index in [-0.39, 0.29) is 6.10 Å². The zero-order valence-electron chi connectivity index (χ0n) is 16.2. The summed E-state index contributed by atoms with van der Waals surface area (Å²) in [5, 5.41) is 14.4. The van der Waals surface area contributed by atoms with E-state index < -0.39 is 0 Å². The molecule has 2 aliphatic carbocycles. The van der Waals surface area contributed by atoms with Gasteiger partial charge in [-0.2, -0.15) is 0 Å². The Kier molecular flexibility index (Phi) is 6.29. The van der Waals surface area contributed by atoms with E-state index in [1.54, 1.807) is 0 Å². The second-order valence-corrected chi connectivity index (χ2v) is 8.91. The first-order chi connectivity index (χ1) is 12.8. The molecule has 4 rings (SSSR count). The second-order valence-electron chi connectivity index (χ2n) is 8.91. The van der Waals surface area contributed by atoms with Crippen LogP contribution in [0.15, 0.2) is 24.3 Å². The van der Waals surface area contributed by atoms with Crippen molar-refractivity contribution in [3.63, 3.8) is 0 Å². The molecule has 1 aromatic carbocycles. The monoisotopic (exact) mass is 356 g/mol. The van der Waals surface area contributed by atoms with E-state index in [4.69, 9.17) is 0 Å². The number of piperidine rings is 1. The summed E-state index contributed by atoms with van der Waals surface area (Å²) >= 11 is 0. The highest BCUT2D eigenvalue weighted by Crippen LogP contribution is 2.30. The SMILES string of the molecule is OC(Cc1ccc(CNC2CCCC2)cc1)C1CCN(C2CCC2)CC1. The topological polar surface area (TPSA) is 35.5 Å². The van der Waals surface area contributed by atoms with Gasteiger partial charge in [0, 0.05) is 18.6 Å². The molecule has 1 heterocycles. The Morgan fingerprint density at radius 2 is 1.54 bits per heavy atom. The van der Waals surface area contributed by atoms with Crippen molar-refractivity contribution in [1.82, 2.24) is 10.2 Å². The van der Waals surface area contributed by atoms with E-state index in [9.17, 15) is 5.11 Å². The third-order valence-corrected chi connectivity index (χ3v) is 7.13. The van der Waals surface area contributed by atoms with Crippen molar-refractivity contribution in [1.29, 1.82) is 0 Å². The van der Waals surface area contributed by atoms with Crippen molar-refractivity contribution in [3.8, 4) is 0 Å². The third-order valence-electron chi connectivity index (χ3n) is 7.13. The molecule has 0 amide bonds. The molecule has 3 fully saturated rings. The highest BCUT2D eigenvalue weighted by atomic mass is 16.3. The van der Waals surface area contributed by atoms with Crippen LogP contribution in [-0.2, 0) is 13.0 Å². The predicted octanol–water partition coefficient (Wildman–Crippen LogP) is 3.89. The maximum absolute atomic E-state index is 10.7. The van der Waals surface area contributed by atoms with Crippen LogP contribution in [0.25, 0.3) is 0 Å². The lowest BCUT2D eigenvalue weighted by Gasteiger charge is -2.42. The van der Waals surface area contributed by atoms with Crippen LogP contribution in [0.1, 0.15) is 68.9 Å². The molecule has 3 aliphatic rings. The zero-order chi connectivity index (χ0) is 17.8. The van der Waals surface area contributed by atoms with E-state index in [0.717, 1.165) is 25.0 Å². The molecule has 3 nitrogen and oxygen atoms in total. The first-order valence-electron chi connectivity index (χ1n) is 11.0. The average Bonchev–Trinajstić information content (AvgIpc) is 3.14. The van der Waals surface area contributed by atoms with Crippen LogP contribution in [0.3, 0.4) is 0 Å². The summed E-state index contributed by atoms with van der Waals surface area (Å²) in [6.45, 7) is 3.36. The number of rotatable bonds is 7. The van der Waals surface area contributed by atoms with Gasteiger partial charge in [0.25, 0.3) is 0 Å². The number of nitrogens with one attached hydrogen (secondary N) is 1. The average molecular weight is 357 g/mol. The van der Waals surface area contributed by atoms with Crippen LogP contribution in [0, 0.1) is 5.92 Å². The van der Waals surface area contributed by atoms with Crippen LogP contribution in [-0.4, -0.2) is 41.3 Å². The van der Waals surface area contributed by atoms with Crippen LogP contribution < -0.4 is 5.32 Å². The van der Waals surface area contributed by atoms with Gasteiger partial charge in [-0.1, -0.05) is 43.5 Å². The Morgan fingerprint density at radius 1 is 0.885 bits per heavy atom. The third kappa shape index (κ3) is 4.68. The smallest absolute Gasteiger partial charge is 0.0609 e. The van der Waals surface area contributed by atoms with Gasteiger partial charge in [0.2, 0.25) is 0 Å². The summed E-state index contributed by atoms with van der Waals surface area (Å²) in [5.74, 6) is 0.482. The Labute approximate surface area is 159 Å². The number of hydrogen-bond donors (Lipinski definition) is 2. The molecule has 0 radical (unpaired) electrons. The molecular weight excluding hydrogens is 320 g/mol. The van der Waals surface area contributed by atoms with E-state index in [0.29, 0.717) is 5.92 Å². The van der Waals surface area contributed by atoms with Crippen molar-refractivity contribution >= 4 is 0 Å². The molecule has 3 heteroatoms. The molecule has 1 saturated heterocycles. The van der Waals surface area contributed by atoms with Crippen molar-refractivity contribution < 1.29 is 5.11 Å². The molecule has 1 aromatic rings. The van der Waals surface area contributed by atoms with Gasteiger partial charge in [-0.25, -0.2) is 0 Å². The number of likely N-dealkylation sites (tertiary alicyclic amines) is 1. The number of nitrogens with zero attached hydrogens (tertiary/aromatic N) is 1. The maximum Gasteiger partial charge on any atom is 0.0609 e.